The Kier molecular flexibility index (Phi) is 6.42. The standard InChI is InChI=1S/C13H25NO5S/c1-3-19-12(15)11-4-6-13(16,7-5-11)10-14-8-9-20(2,17)18/h11,14,16H,3-10H2,1-2H3. The molecule has 0 heterocycles. The molecule has 0 aromatic heterocycles. The van der Waals surface area contributed by atoms with Gasteiger partial charge >= 0.3 is 5.97 Å². The normalized spacial score (nSPS) is 27.2. The third-order valence-corrected chi connectivity index (χ3v) is 4.59. The van der Waals surface area contributed by atoms with E-state index in [1.54, 1.807) is 6.92 Å². The molecule has 20 heavy (non-hydrogen) atoms. The SMILES string of the molecule is CCOC(=O)C1CCC(O)(CNCCS(C)(=O)=O)CC1. The van der Waals surface area contributed by atoms with Crippen molar-refractivity contribution in [2.24, 2.45) is 5.92 Å². The highest BCUT2D eigenvalue weighted by molar-refractivity contribution is 7.90. The molecule has 1 rings (SSSR count). The zero-order valence-electron chi connectivity index (χ0n) is 12.2. The van der Waals surface area contributed by atoms with Gasteiger partial charge in [0.25, 0.3) is 0 Å². The number of esters is 1. The maximum atomic E-state index is 11.6. The number of hydrogen-bond acceptors (Lipinski definition) is 6. The Hall–Kier alpha value is -0.660. The van der Waals surface area contributed by atoms with E-state index in [9.17, 15) is 18.3 Å². The second-order valence-corrected chi connectivity index (χ2v) is 7.82. The van der Waals surface area contributed by atoms with E-state index in [1.807, 2.05) is 0 Å². The van der Waals surface area contributed by atoms with Crippen LogP contribution in [-0.2, 0) is 19.4 Å². The van der Waals surface area contributed by atoms with Crippen LogP contribution in [0.2, 0.25) is 0 Å². The van der Waals surface area contributed by atoms with Crippen LogP contribution >= 0.6 is 0 Å². The lowest BCUT2D eigenvalue weighted by Crippen LogP contribution is -2.45. The predicted molar refractivity (Wildman–Crippen MR) is 76.1 cm³/mol. The monoisotopic (exact) mass is 307 g/mol. The molecule has 0 aromatic rings. The van der Waals surface area contributed by atoms with Gasteiger partial charge in [0, 0.05) is 19.3 Å². The average molecular weight is 307 g/mol. The molecule has 118 valence electrons. The maximum Gasteiger partial charge on any atom is 0.308 e. The minimum atomic E-state index is -2.98. The summed E-state index contributed by atoms with van der Waals surface area (Å²) in [6.07, 6.45) is 3.48. The number of carbonyl (C=O) groups excluding carboxylic acids is 1. The summed E-state index contributed by atoms with van der Waals surface area (Å²) in [6.45, 7) is 2.86. The van der Waals surface area contributed by atoms with E-state index in [-0.39, 0.29) is 17.6 Å². The highest BCUT2D eigenvalue weighted by Gasteiger charge is 2.35. The van der Waals surface area contributed by atoms with Gasteiger partial charge in [0.05, 0.1) is 23.9 Å². The van der Waals surface area contributed by atoms with Crippen molar-refractivity contribution in [3.63, 3.8) is 0 Å². The molecule has 0 amide bonds. The molecule has 1 aliphatic carbocycles. The van der Waals surface area contributed by atoms with Gasteiger partial charge in [0.1, 0.15) is 9.84 Å². The van der Waals surface area contributed by atoms with E-state index in [2.05, 4.69) is 5.32 Å². The summed E-state index contributed by atoms with van der Waals surface area (Å²) in [5.74, 6) is -0.236. The van der Waals surface area contributed by atoms with Crippen molar-refractivity contribution in [2.45, 2.75) is 38.2 Å². The van der Waals surface area contributed by atoms with Gasteiger partial charge in [-0.05, 0) is 32.6 Å². The van der Waals surface area contributed by atoms with E-state index in [0.29, 0.717) is 45.4 Å². The molecule has 0 bridgehead atoms. The first-order valence-electron chi connectivity index (χ1n) is 7.03. The van der Waals surface area contributed by atoms with Crippen LogP contribution < -0.4 is 5.32 Å². The molecular weight excluding hydrogens is 282 g/mol. The van der Waals surface area contributed by atoms with Crippen molar-refractivity contribution < 1.29 is 23.1 Å². The number of hydrogen-bond donors (Lipinski definition) is 2. The van der Waals surface area contributed by atoms with E-state index in [4.69, 9.17) is 4.74 Å². The van der Waals surface area contributed by atoms with Crippen molar-refractivity contribution in [3.05, 3.63) is 0 Å². The van der Waals surface area contributed by atoms with E-state index in [0.717, 1.165) is 0 Å². The van der Waals surface area contributed by atoms with E-state index >= 15 is 0 Å². The van der Waals surface area contributed by atoms with Crippen LogP contribution in [0.25, 0.3) is 0 Å². The fourth-order valence-electron chi connectivity index (χ4n) is 2.41. The van der Waals surface area contributed by atoms with Crippen molar-refractivity contribution in [3.8, 4) is 0 Å². The molecule has 0 radical (unpaired) electrons. The largest absolute Gasteiger partial charge is 0.466 e. The minimum absolute atomic E-state index is 0.0640. The number of rotatable bonds is 7. The molecule has 2 N–H and O–H groups in total. The van der Waals surface area contributed by atoms with Gasteiger partial charge in [0.15, 0.2) is 0 Å². The second-order valence-electron chi connectivity index (χ2n) is 5.56. The number of aliphatic hydroxyl groups is 1. The number of sulfone groups is 1. The second kappa shape index (κ2) is 7.38. The number of ether oxygens (including phenoxy) is 1. The van der Waals surface area contributed by atoms with Crippen LogP contribution in [0.4, 0.5) is 0 Å². The summed E-state index contributed by atoms with van der Waals surface area (Å²) in [6, 6.07) is 0. The lowest BCUT2D eigenvalue weighted by atomic mass is 9.79. The van der Waals surface area contributed by atoms with Crippen LogP contribution in [-0.4, -0.2) is 56.8 Å². The van der Waals surface area contributed by atoms with Gasteiger partial charge in [-0.25, -0.2) is 8.42 Å². The summed E-state index contributed by atoms with van der Waals surface area (Å²) in [7, 11) is -2.98. The Bertz CT molecular complexity index is 412. The lowest BCUT2D eigenvalue weighted by Gasteiger charge is -2.35. The molecule has 0 aromatic carbocycles. The van der Waals surface area contributed by atoms with Crippen molar-refractivity contribution >= 4 is 15.8 Å². The Morgan fingerprint density at radius 3 is 2.50 bits per heavy atom. The molecule has 0 aliphatic heterocycles. The third kappa shape index (κ3) is 6.19. The number of carbonyl (C=O) groups is 1. The highest BCUT2D eigenvalue weighted by Crippen LogP contribution is 2.32. The van der Waals surface area contributed by atoms with Crippen molar-refractivity contribution in [1.82, 2.24) is 5.32 Å². The highest BCUT2D eigenvalue weighted by atomic mass is 32.2. The average Bonchev–Trinajstić information content (AvgIpc) is 2.35. The molecule has 1 fully saturated rings. The van der Waals surface area contributed by atoms with Gasteiger partial charge < -0.3 is 15.2 Å². The minimum Gasteiger partial charge on any atom is -0.466 e. The molecule has 0 saturated heterocycles. The molecule has 7 heteroatoms. The van der Waals surface area contributed by atoms with Crippen LogP contribution in [0.3, 0.4) is 0 Å². The third-order valence-electron chi connectivity index (χ3n) is 3.64. The topological polar surface area (TPSA) is 92.7 Å². The Morgan fingerprint density at radius 2 is 2.00 bits per heavy atom. The van der Waals surface area contributed by atoms with E-state index < -0.39 is 15.4 Å². The summed E-state index contributed by atoms with van der Waals surface area (Å²) in [4.78, 5) is 11.6. The molecule has 0 spiro atoms. The molecule has 0 atom stereocenters. The summed E-state index contributed by atoms with van der Waals surface area (Å²) in [5.41, 5.74) is -0.847. The first-order chi connectivity index (χ1) is 9.26. The first kappa shape index (κ1) is 17.4. The summed E-state index contributed by atoms with van der Waals surface area (Å²) >= 11 is 0. The van der Waals surface area contributed by atoms with Crippen LogP contribution in [0.1, 0.15) is 32.6 Å². The Balaban J connectivity index is 2.29. The lowest BCUT2D eigenvalue weighted by molar-refractivity contribution is -0.151. The van der Waals surface area contributed by atoms with Crippen molar-refractivity contribution in [1.29, 1.82) is 0 Å². The summed E-state index contributed by atoms with van der Waals surface area (Å²) in [5, 5.41) is 13.3. The van der Waals surface area contributed by atoms with Crippen LogP contribution in [0.15, 0.2) is 0 Å². The molecule has 6 nitrogen and oxygen atoms in total. The van der Waals surface area contributed by atoms with Gasteiger partial charge in [-0.15, -0.1) is 0 Å². The maximum absolute atomic E-state index is 11.6. The zero-order valence-corrected chi connectivity index (χ0v) is 13.0. The molecule has 0 unspecified atom stereocenters. The number of nitrogens with one attached hydrogen (secondary N) is 1. The van der Waals surface area contributed by atoms with Crippen LogP contribution in [0.5, 0.6) is 0 Å². The zero-order chi connectivity index (χ0) is 15.2. The Morgan fingerprint density at radius 1 is 1.40 bits per heavy atom. The Labute approximate surface area is 120 Å². The van der Waals surface area contributed by atoms with Gasteiger partial charge in [-0.1, -0.05) is 0 Å². The van der Waals surface area contributed by atoms with Gasteiger partial charge in [-0.3, -0.25) is 4.79 Å². The van der Waals surface area contributed by atoms with Crippen LogP contribution in [0, 0.1) is 5.92 Å². The molecular formula is C13H25NO5S. The quantitative estimate of drug-likeness (QED) is 0.512. The fraction of sp³-hybridized carbons (Fsp3) is 0.923. The molecule has 1 saturated carbocycles. The fourth-order valence-corrected chi connectivity index (χ4v) is 2.92. The van der Waals surface area contributed by atoms with Crippen molar-refractivity contribution in [2.75, 3.05) is 31.7 Å². The summed E-state index contributed by atoms with van der Waals surface area (Å²) < 4.78 is 27.0. The molecule has 1 aliphatic rings. The van der Waals surface area contributed by atoms with E-state index in [1.165, 1.54) is 6.26 Å². The van der Waals surface area contributed by atoms with Gasteiger partial charge in [0.2, 0.25) is 0 Å². The van der Waals surface area contributed by atoms with Gasteiger partial charge in [-0.2, -0.15) is 0 Å². The smallest absolute Gasteiger partial charge is 0.308 e. The first-order valence-corrected chi connectivity index (χ1v) is 9.09. The predicted octanol–water partition coefficient (Wildman–Crippen LogP) is 0.105.